The van der Waals surface area contributed by atoms with Crippen LogP contribution in [0.1, 0.15) is 25.8 Å². The molecular formula is C13H16O. The molecule has 1 atom stereocenters. The first-order valence-corrected chi connectivity index (χ1v) is 4.91. The molecule has 0 heterocycles. The predicted octanol–water partition coefficient (Wildman–Crippen LogP) is 3.32. The molecule has 1 aromatic rings. The van der Waals surface area contributed by atoms with E-state index >= 15 is 0 Å². The largest absolute Gasteiger partial charge is 0.300 e. The Balaban J connectivity index is 2.52. The highest BCUT2D eigenvalue weighted by molar-refractivity contribution is 5.76. The number of carbonyl (C=O) groups is 1. The van der Waals surface area contributed by atoms with E-state index < -0.39 is 0 Å². The van der Waals surface area contributed by atoms with Crippen molar-refractivity contribution < 1.29 is 4.79 Å². The molecule has 1 aromatic carbocycles. The normalized spacial score (nSPS) is 13.0. The summed E-state index contributed by atoms with van der Waals surface area (Å²) in [5, 5.41) is 0. The van der Waals surface area contributed by atoms with Gasteiger partial charge in [-0.1, -0.05) is 49.4 Å². The van der Waals surface area contributed by atoms with Gasteiger partial charge in [0.15, 0.2) is 0 Å². The van der Waals surface area contributed by atoms with Crippen LogP contribution in [0.3, 0.4) is 0 Å². The van der Waals surface area contributed by atoms with Crippen LogP contribution in [0, 0.1) is 5.92 Å². The van der Waals surface area contributed by atoms with Gasteiger partial charge in [-0.15, -0.1) is 0 Å². The highest BCUT2D eigenvalue weighted by Gasteiger charge is 1.99. The number of ketones is 1. The average molecular weight is 188 g/mol. The van der Waals surface area contributed by atoms with E-state index in [1.807, 2.05) is 18.2 Å². The lowest BCUT2D eigenvalue weighted by Crippen LogP contribution is -1.97. The van der Waals surface area contributed by atoms with E-state index in [0.717, 1.165) is 0 Å². The Morgan fingerprint density at radius 3 is 2.57 bits per heavy atom. The third kappa shape index (κ3) is 4.04. The van der Waals surface area contributed by atoms with Crippen LogP contribution in [0.5, 0.6) is 0 Å². The molecule has 0 aliphatic rings. The van der Waals surface area contributed by atoms with E-state index in [4.69, 9.17) is 0 Å². The standard InChI is InChI=1S/C13H16O/c1-11(10-12(2)14)8-9-13-6-4-3-5-7-13/h3-9,11H,10H2,1-2H3/b9-8+/t11-/m0/s1. The van der Waals surface area contributed by atoms with Crippen molar-refractivity contribution in [1.82, 2.24) is 0 Å². The Morgan fingerprint density at radius 1 is 1.36 bits per heavy atom. The number of rotatable bonds is 4. The first kappa shape index (κ1) is 10.7. The quantitative estimate of drug-likeness (QED) is 0.708. The summed E-state index contributed by atoms with van der Waals surface area (Å²) in [5.41, 5.74) is 1.18. The Labute approximate surface area is 85.5 Å². The fourth-order valence-corrected chi connectivity index (χ4v) is 1.36. The summed E-state index contributed by atoms with van der Waals surface area (Å²) in [6.07, 6.45) is 4.77. The maximum atomic E-state index is 10.8. The van der Waals surface area contributed by atoms with E-state index in [1.165, 1.54) is 5.56 Å². The SMILES string of the molecule is CC(=O)C[C@@H](C)/C=C/c1ccccc1. The summed E-state index contributed by atoms with van der Waals surface area (Å²) in [4.78, 5) is 10.8. The number of benzene rings is 1. The van der Waals surface area contributed by atoms with Crippen LogP contribution in [-0.2, 0) is 4.79 Å². The van der Waals surface area contributed by atoms with Crippen LogP contribution in [0.25, 0.3) is 6.08 Å². The van der Waals surface area contributed by atoms with E-state index in [0.29, 0.717) is 12.3 Å². The van der Waals surface area contributed by atoms with Gasteiger partial charge in [0.2, 0.25) is 0 Å². The predicted molar refractivity (Wildman–Crippen MR) is 59.9 cm³/mol. The van der Waals surface area contributed by atoms with Crippen molar-refractivity contribution in [3.63, 3.8) is 0 Å². The van der Waals surface area contributed by atoms with Crippen molar-refractivity contribution in [1.29, 1.82) is 0 Å². The number of allylic oxidation sites excluding steroid dienone is 1. The minimum absolute atomic E-state index is 0.246. The topological polar surface area (TPSA) is 17.1 Å². The van der Waals surface area contributed by atoms with Gasteiger partial charge in [0, 0.05) is 6.42 Å². The molecule has 0 spiro atoms. The van der Waals surface area contributed by atoms with Gasteiger partial charge in [-0.05, 0) is 18.4 Å². The van der Waals surface area contributed by atoms with Crippen molar-refractivity contribution >= 4 is 11.9 Å². The molecule has 0 fully saturated rings. The maximum Gasteiger partial charge on any atom is 0.130 e. The molecule has 0 unspecified atom stereocenters. The third-order valence-electron chi connectivity index (χ3n) is 2.03. The molecule has 0 N–H and O–H groups in total. The van der Waals surface area contributed by atoms with Gasteiger partial charge >= 0.3 is 0 Å². The van der Waals surface area contributed by atoms with Crippen molar-refractivity contribution in [2.24, 2.45) is 5.92 Å². The molecule has 0 aromatic heterocycles. The van der Waals surface area contributed by atoms with Gasteiger partial charge in [0.05, 0.1) is 0 Å². The fraction of sp³-hybridized carbons (Fsp3) is 0.308. The second-order valence-corrected chi connectivity index (χ2v) is 3.65. The lowest BCUT2D eigenvalue weighted by Gasteiger charge is -2.01. The Kier molecular flexibility index (Phi) is 4.11. The molecule has 0 aliphatic heterocycles. The molecule has 1 nitrogen and oxygen atoms in total. The van der Waals surface area contributed by atoms with E-state index in [-0.39, 0.29) is 5.78 Å². The van der Waals surface area contributed by atoms with Crippen LogP contribution < -0.4 is 0 Å². The molecule has 0 radical (unpaired) electrons. The highest BCUT2D eigenvalue weighted by Crippen LogP contribution is 2.08. The molecule has 0 amide bonds. The van der Waals surface area contributed by atoms with Crippen molar-refractivity contribution in [2.45, 2.75) is 20.3 Å². The summed E-state index contributed by atoms with van der Waals surface area (Å²) in [6, 6.07) is 10.1. The Hall–Kier alpha value is -1.37. The van der Waals surface area contributed by atoms with Gasteiger partial charge in [-0.2, -0.15) is 0 Å². The zero-order valence-electron chi connectivity index (χ0n) is 8.73. The third-order valence-corrected chi connectivity index (χ3v) is 2.03. The Bertz CT molecular complexity index is 311. The van der Waals surface area contributed by atoms with Crippen LogP contribution in [-0.4, -0.2) is 5.78 Å². The second kappa shape index (κ2) is 5.38. The lowest BCUT2D eigenvalue weighted by atomic mass is 10.0. The first-order chi connectivity index (χ1) is 6.68. The van der Waals surface area contributed by atoms with Gasteiger partial charge < -0.3 is 4.79 Å². The summed E-state index contributed by atoms with van der Waals surface area (Å²) in [6.45, 7) is 3.69. The van der Waals surface area contributed by atoms with Gasteiger partial charge in [-0.25, -0.2) is 0 Å². The zero-order valence-corrected chi connectivity index (χ0v) is 8.73. The number of hydrogen-bond acceptors (Lipinski definition) is 1. The maximum absolute atomic E-state index is 10.8. The van der Waals surface area contributed by atoms with Crippen LogP contribution >= 0.6 is 0 Å². The van der Waals surface area contributed by atoms with Gasteiger partial charge in [0.1, 0.15) is 5.78 Å². The van der Waals surface area contributed by atoms with Crippen LogP contribution in [0.2, 0.25) is 0 Å². The van der Waals surface area contributed by atoms with E-state index in [1.54, 1.807) is 6.92 Å². The summed E-state index contributed by atoms with van der Waals surface area (Å²) in [7, 11) is 0. The Morgan fingerprint density at radius 2 is 2.00 bits per heavy atom. The molecule has 74 valence electrons. The van der Waals surface area contributed by atoms with Gasteiger partial charge in [0.25, 0.3) is 0 Å². The number of Topliss-reactive ketones (excluding diaryl/α,β-unsaturated/α-hetero) is 1. The minimum Gasteiger partial charge on any atom is -0.300 e. The minimum atomic E-state index is 0.246. The molecule has 14 heavy (non-hydrogen) atoms. The van der Waals surface area contributed by atoms with Crippen LogP contribution in [0.4, 0.5) is 0 Å². The number of carbonyl (C=O) groups excluding carboxylic acids is 1. The van der Waals surface area contributed by atoms with Crippen molar-refractivity contribution in [3.05, 3.63) is 42.0 Å². The smallest absolute Gasteiger partial charge is 0.130 e. The molecule has 1 rings (SSSR count). The second-order valence-electron chi connectivity index (χ2n) is 3.65. The molecule has 0 saturated heterocycles. The summed E-state index contributed by atoms with van der Waals surface area (Å²) >= 11 is 0. The highest BCUT2D eigenvalue weighted by atomic mass is 16.1. The molecule has 0 aliphatic carbocycles. The molecule has 0 bridgehead atoms. The average Bonchev–Trinajstić information content (AvgIpc) is 2.15. The van der Waals surface area contributed by atoms with Gasteiger partial charge in [-0.3, -0.25) is 0 Å². The van der Waals surface area contributed by atoms with Crippen molar-refractivity contribution in [3.8, 4) is 0 Å². The molecule has 1 heteroatoms. The van der Waals surface area contributed by atoms with E-state index in [2.05, 4.69) is 31.2 Å². The first-order valence-electron chi connectivity index (χ1n) is 4.91. The van der Waals surface area contributed by atoms with Crippen molar-refractivity contribution in [2.75, 3.05) is 0 Å². The fourth-order valence-electron chi connectivity index (χ4n) is 1.36. The zero-order chi connectivity index (χ0) is 10.4. The molecule has 0 saturated carbocycles. The number of hydrogen-bond donors (Lipinski definition) is 0. The van der Waals surface area contributed by atoms with Crippen LogP contribution in [0.15, 0.2) is 36.4 Å². The molecular weight excluding hydrogens is 172 g/mol. The monoisotopic (exact) mass is 188 g/mol. The summed E-state index contributed by atoms with van der Waals surface area (Å²) < 4.78 is 0. The summed E-state index contributed by atoms with van der Waals surface area (Å²) in [5.74, 6) is 0.572. The lowest BCUT2D eigenvalue weighted by molar-refractivity contribution is -0.117. The van der Waals surface area contributed by atoms with E-state index in [9.17, 15) is 4.79 Å².